The molecule has 1 saturated heterocycles. The number of methoxy groups -OCH3 is 1. The van der Waals surface area contributed by atoms with E-state index in [0.29, 0.717) is 30.5 Å². The van der Waals surface area contributed by atoms with Crippen LogP contribution >= 0.6 is 0 Å². The van der Waals surface area contributed by atoms with Crippen LogP contribution in [0, 0.1) is 5.92 Å². The van der Waals surface area contributed by atoms with Crippen molar-refractivity contribution in [2.24, 2.45) is 5.92 Å². The van der Waals surface area contributed by atoms with Crippen LogP contribution < -0.4 is 14.8 Å². The van der Waals surface area contributed by atoms with Gasteiger partial charge in [-0.3, -0.25) is 4.79 Å². The van der Waals surface area contributed by atoms with E-state index in [4.69, 9.17) is 14.2 Å². The lowest BCUT2D eigenvalue weighted by Crippen LogP contribution is -2.22. The third-order valence-electron chi connectivity index (χ3n) is 3.59. The zero-order valence-electron chi connectivity index (χ0n) is 12.8. The van der Waals surface area contributed by atoms with Gasteiger partial charge in [-0.25, -0.2) is 4.98 Å². The number of benzene rings is 1. The lowest BCUT2D eigenvalue weighted by Gasteiger charge is -2.10. The van der Waals surface area contributed by atoms with Crippen molar-refractivity contribution in [2.75, 3.05) is 25.6 Å². The first kappa shape index (κ1) is 15.3. The Morgan fingerprint density at radius 2 is 2.00 bits per heavy atom. The normalized spacial score (nSPS) is 16.8. The maximum atomic E-state index is 12.0. The van der Waals surface area contributed by atoms with E-state index in [1.165, 1.54) is 0 Å². The maximum Gasteiger partial charge on any atom is 0.229 e. The summed E-state index contributed by atoms with van der Waals surface area (Å²) in [5.74, 6) is 1.77. The zero-order valence-corrected chi connectivity index (χ0v) is 12.8. The van der Waals surface area contributed by atoms with E-state index in [1.807, 2.05) is 12.1 Å². The predicted molar refractivity (Wildman–Crippen MR) is 84.9 cm³/mol. The zero-order chi connectivity index (χ0) is 16.1. The minimum absolute atomic E-state index is 0.0341. The number of aromatic nitrogens is 1. The number of carbonyl (C=O) groups excluding carboxylic acids is 1. The molecule has 1 amide bonds. The number of nitrogens with zero attached hydrogens (tertiary/aromatic N) is 1. The van der Waals surface area contributed by atoms with Gasteiger partial charge < -0.3 is 19.5 Å². The number of ether oxygens (including phenoxy) is 3. The number of anilines is 1. The largest absolute Gasteiger partial charge is 0.497 e. The van der Waals surface area contributed by atoms with Gasteiger partial charge in [-0.05, 0) is 36.8 Å². The van der Waals surface area contributed by atoms with E-state index in [-0.39, 0.29) is 11.8 Å². The molecule has 2 aromatic rings. The molecule has 0 bridgehead atoms. The molecule has 0 aliphatic carbocycles. The number of rotatable bonds is 5. The Morgan fingerprint density at radius 1 is 1.22 bits per heavy atom. The first-order chi connectivity index (χ1) is 11.2. The smallest absolute Gasteiger partial charge is 0.229 e. The average Bonchev–Trinajstić information content (AvgIpc) is 3.12. The minimum atomic E-state index is -0.0785. The van der Waals surface area contributed by atoms with Crippen LogP contribution in [0.4, 0.5) is 5.69 Å². The second kappa shape index (κ2) is 7.11. The molecule has 23 heavy (non-hydrogen) atoms. The molecule has 1 N–H and O–H groups in total. The molecule has 120 valence electrons. The summed E-state index contributed by atoms with van der Waals surface area (Å²) in [6.45, 7) is 1.13. The summed E-state index contributed by atoms with van der Waals surface area (Å²) in [5.41, 5.74) is 0.643. The van der Waals surface area contributed by atoms with Gasteiger partial charge in [0.2, 0.25) is 11.8 Å². The Hall–Kier alpha value is -2.60. The van der Waals surface area contributed by atoms with E-state index in [0.717, 1.165) is 12.2 Å². The summed E-state index contributed by atoms with van der Waals surface area (Å²) >= 11 is 0. The predicted octanol–water partition coefficient (Wildman–Crippen LogP) is 2.86. The molecule has 1 aromatic carbocycles. The number of carbonyl (C=O) groups is 1. The second-order valence-electron chi connectivity index (χ2n) is 5.21. The fourth-order valence-corrected chi connectivity index (χ4v) is 2.26. The molecule has 0 radical (unpaired) electrons. The first-order valence-electron chi connectivity index (χ1n) is 7.41. The molecule has 0 saturated carbocycles. The van der Waals surface area contributed by atoms with Gasteiger partial charge in [-0.1, -0.05) is 0 Å². The highest BCUT2D eigenvalue weighted by Gasteiger charge is 2.23. The highest BCUT2D eigenvalue weighted by molar-refractivity contribution is 5.92. The molecule has 1 atom stereocenters. The van der Waals surface area contributed by atoms with Crippen LogP contribution in [0.2, 0.25) is 0 Å². The average molecular weight is 314 g/mol. The summed E-state index contributed by atoms with van der Waals surface area (Å²) in [7, 11) is 1.61. The van der Waals surface area contributed by atoms with Crippen LogP contribution in [0.5, 0.6) is 17.4 Å². The van der Waals surface area contributed by atoms with Gasteiger partial charge in [0, 0.05) is 12.7 Å². The number of amides is 1. The van der Waals surface area contributed by atoms with Crippen LogP contribution in [0.25, 0.3) is 0 Å². The molecule has 1 aliphatic rings. The van der Waals surface area contributed by atoms with Crippen molar-refractivity contribution in [2.45, 2.75) is 6.42 Å². The monoisotopic (exact) mass is 314 g/mol. The Labute approximate surface area is 134 Å². The van der Waals surface area contributed by atoms with Crippen LogP contribution in [-0.2, 0) is 9.53 Å². The van der Waals surface area contributed by atoms with Crippen molar-refractivity contribution in [3.8, 4) is 17.4 Å². The van der Waals surface area contributed by atoms with Gasteiger partial charge in [0.05, 0.1) is 31.5 Å². The highest BCUT2D eigenvalue weighted by Crippen LogP contribution is 2.23. The molecule has 6 nitrogen and oxygen atoms in total. The molecule has 2 heterocycles. The van der Waals surface area contributed by atoms with Crippen LogP contribution in [0.3, 0.4) is 0 Å². The summed E-state index contributed by atoms with van der Waals surface area (Å²) in [6, 6.07) is 10.7. The van der Waals surface area contributed by atoms with Gasteiger partial charge >= 0.3 is 0 Å². The molecule has 3 rings (SSSR count). The van der Waals surface area contributed by atoms with Crippen molar-refractivity contribution in [1.29, 1.82) is 0 Å². The van der Waals surface area contributed by atoms with Gasteiger partial charge in [-0.15, -0.1) is 0 Å². The Bertz CT molecular complexity index is 649. The molecule has 0 spiro atoms. The molecule has 6 heteroatoms. The Kier molecular flexibility index (Phi) is 4.73. The number of nitrogens with one attached hydrogen (secondary N) is 1. The van der Waals surface area contributed by atoms with Crippen molar-refractivity contribution in [1.82, 2.24) is 4.98 Å². The van der Waals surface area contributed by atoms with Gasteiger partial charge in [-0.2, -0.15) is 0 Å². The van der Waals surface area contributed by atoms with E-state index in [1.54, 1.807) is 37.6 Å². The second-order valence-corrected chi connectivity index (χ2v) is 5.21. The van der Waals surface area contributed by atoms with E-state index in [2.05, 4.69) is 10.3 Å². The fraction of sp³-hybridized carbons (Fsp3) is 0.294. The quantitative estimate of drug-likeness (QED) is 0.919. The van der Waals surface area contributed by atoms with E-state index in [9.17, 15) is 4.79 Å². The van der Waals surface area contributed by atoms with Crippen molar-refractivity contribution in [3.63, 3.8) is 0 Å². The van der Waals surface area contributed by atoms with Gasteiger partial charge in [0.1, 0.15) is 11.5 Å². The molecule has 1 aromatic heterocycles. The lowest BCUT2D eigenvalue weighted by molar-refractivity contribution is -0.119. The molecule has 1 aliphatic heterocycles. The third-order valence-corrected chi connectivity index (χ3v) is 3.59. The van der Waals surface area contributed by atoms with Gasteiger partial charge in [0.15, 0.2) is 0 Å². The van der Waals surface area contributed by atoms with Crippen molar-refractivity contribution >= 4 is 11.6 Å². The molecule has 1 fully saturated rings. The topological polar surface area (TPSA) is 69.7 Å². The SMILES string of the molecule is COc1ccc(Oc2ccc(NC(=O)C3CCOC3)cn2)cc1. The lowest BCUT2D eigenvalue weighted by atomic mass is 10.1. The Balaban J connectivity index is 1.58. The summed E-state index contributed by atoms with van der Waals surface area (Å²) < 4.78 is 15.9. The molecular formula is C17H18N2O4. The fourth-order valence-electron chi connectivity index (χ4n) is 2.26. The summed E-state index contributed by atoms with van der Waals surface area (Å²) in [6.07, 6.45) is 2.34. The number of hydrogen-bond donors (Lipinski definition) is 1. The minimum Gasteiger partial charge on any atom is -0.497 e. The van der Waals surface area contributed by atoms with E-state index < -0.39 is 0 Å². The van der Waals surface area contributed by atoms with Crippen molar-refractivity contribution in [3.05, 3.63) is 42.6 Å². The number of hydrogen-bond acceptors (Lipinski definition) is 5. The first-order valence-corrected chi connectivity index (χ1v) is 7.41. The standard InChI is InChI=1S/C17H18N2O4/c1-21-14-3-5-15(6-4-14)23-16-7-2-13(10-18-16)19-17(20)12-8-9-22-11-12/h2-7,10,12H,8-9,11H2,1H3,(H,19,20). The van der Waals surface area contributed by atoms with Crippen LogP contribution in [-0.4, -0.2) is 31.2 Å². The Morgan fingerprint density at radius 3 is 2.61 bits per heavy atom. The van der Waals surface area contributed by atoms with Gasteiger partial charge in [0.25, 0.3) is 0 Å². The van der Waals surface area contributed by atoms with Crippen LogP contribution in [0.1, 0.15) is 6.42 Å². The molecular weight excluding hydrogens is 296 g/mol. The molecule has 1 unspecified atom stereocenters. The summed E-state index contributed by atoms with van der Waals surface area (Å²) in [5, 5.41) is 2.84. The summed E-state index contributed by atoms with van der Waals surface area (Å²) in [4.78, 5) is 16.2. The van der Waals surface area contributed by atoms with Crippen LogP contribution in [0.15, 0.2) is 42.6 Å². The number of pyridine rings is 1. The maximum absolute atomic E-state index is 12.0. The van der Waals surface area contributed by atoms with E-state index >= 15 is 0 Å². The highest BCUT2D eigenvalue weighted by atomic mass is 16.5. The van der Waals surface area contributed by atoms with Crippen molar-refractivity contribution < 1.29 is 19.0 Å². The third kappa shape index (κ3) is 3.98.